The number of imidazole rings is 1. The van der Waals surface area contributed by atoms with Gasteiger partial charge in [-0.3, -0.25) is 9.69 Å². The quantitative estimate of drug-likeness (QED) is 0.879. The van der Waals surface area contributed by atoms with Crippen LogP contribution in [0.25, 0.3) is 0 Å². The van der Waals surface area contributed by atoms with Crippen molar-refractivity contribution in [1.29, 1.82) is 0 Å². The van der Waals surface area contributed by atoms with Crippen LogP contribution in [0.15, 0.2) is 18.7 Å². The maximum absolute atomic E-state index is 12.9. The summed E-state index contributed by atoms with van der Waals surface area (Å²) in [6.45, 7) is 10.1. The number of carbonyl (C=O) groups excluding carboxylic acids is 1. The van der Waals surface area contributed by atoms with Gasteiger partial charge in [0.25, 0.3) is 5.91 Å². The van der Waals surface area contributed by atoms with Crippen LogP contribution in [0.4, 0.5) is 0 Å². The van der Waals surface area contributed by atoms with E-state index < -0.39 is 0 Å². The predicted molar refractivity (Wildman–Crippen MR) is 107 cm³/mol. The molecule has 28 heavy (non-hydrogen) atoms. The number of carbonyl (C=O) groups is 1. The van der Waals surface area contributed by atoms with Gasteiger partial charge in [0.15, 0.2) is 0 Å². The minimum absolute atomic E-state index is 0.0333. The van der Waals surface area contributed by atoms with Gasteiger partial charge in [0.2, 0.25) is 0 Å². The number of nitrogens with one attached hydrogen (secondary N) is 1. The monoisotopic (exact) mass is 382 g/mol. The van der Waals surface area contributed by atoms with Crippen LogP contribution in [0.3, 0.4) is 0 Å². The van der Waals surface area contributed by atoms with Crippen LogP contribution < -0.4 is 0 Å². The molecule has 4 heterocycles. The number of hydrogen-bond acceptors (Lipinski definition) is 5. The fourth-order valence-electron chi connectivity index (χ4n) is 4.69. The van der Waals surface area contributed by atoms with Gasteiger partial charge in [-0.25, -0.2) is 15.0 Å². The molecule has 1 N–H and O–H groups in total. The molecule has 4 rings (SSSR count). The highest BCUT2D eigenvalue weighted by atomic mass is 16.2. The van der Waals surface area contributed by atoms with Crippen LogP contribution >= 0.6 is 0 Å². The number of fused-ring (bicyclic) bond motifs is 2. The van der Waals surface area contributed by atoms with Crippen LogP contribution in [-0.2, 0) is 18.4 Å². The van der Waals surface area contributed by atoms with Gasteiger partial charge in [-0.1, -0.05) is 20.8 Å². The lowest BCUT2D eigenvalue weighted by atomic mass is 9.78. The van der Waals surface area contributed by atoms with Gasteiger partial charge in [0.05, 0.1) is 23.1 Å². The maximum atomic E-state index is 12.9. The Morgan fingerprint density at radius 3 is 2.54 bits per heavy atom. The molecular weight excluding hydrogens is 352 g/mol. The van der Waals surface area contributed by atoms with Crippen LogP contribution in [0.5, 0.6) is 0 Å². The minimum atomic E-state index is -0.0583. The first-order chi connectivity index (χ1) is 13.5. The summed E-state index contributed by atoms with van der Waals surface area (Å²) in [7, 11) is 0. The average Bonchev–Trinajstić information content (AvgIpc) is 3.20. The van der Waals surface area contributed by atoms with E-state index in [2.05, 4.69) is 33.7 Å². The minimum Gasteiger partial charge on any atom is -0.348 e. The van der Waals surface area contributed by atoms with Gasteiger partial charge in [-0.15, -0.1) is 0 Å². The lowest BCUT2D eigenvalue weighted by Crippen LogP contribution is -2.57. The van der Waals surface area contributed by atoms with Crippen molar-refractivity contribution in [2.24, 2.45) is 5.92 Å². The second-order valence-corrected chi connectivity index (χ2v) is 8.38. The summed E-state index contributed by atoms with van der Waals surface area (Å²) >= 11 is 0. The molecule has 0 radical (unpaired) electrons. The van der Waals surface area contributed by atoms with Gasteiger partial charge in [-0.05, 0) is 18.8 Å². The molecule has 2 aromatic rings. The smallest absolute Gasteiger partial charge is 0.256 e. The number of hydrogen-bond donors (Lipinski definition) is 1. The Hall–Kier alpha value is -2.28. The molecule has 2 aromatic heterocycles. The first kappa shape index (κ1) is 19.1. The molecule has 2 aliphatic heterocycles. The van der Waals surface area contributed by atoms with E-state index in [9.17, 15) is 4.79 Å². The third kappa shape index (κ3) is 3.32. The number of aromatic amines is 1. The second kappa shape index (κ2) is 7.62. The Balaban J connectivity index is 1.53. The van der Waals surface area contributed by atoms with Crippen LogP contribution in [0, 0.1) is 5.92 Å². The number of aryl methyl sites for hydroxylation is 1. The first-order valence-electron chi connectivity index (χ1n) is 10.4. The average molecular weight is 383 g/mol. The molecule has 0 atom stereocenters. The van der Waals surface area contributed by atoms with Crippen molar-refractivity contribution in [1.82, 2.24) is 29.7 Å². The van der Waals surface area contributed by atoms with Gasteiger partial charge in [-0.2, -0.15) is 0 Å². The zero-order valence-corrected chi connectivity index (χ0v) is 17.1. The second-order valence-electron chi connectivity index (χ2n) is 8.38. The summed E-state index contributed by atoms with van der Waals surface area (Å²) in [6.07, 6.45) is 8.78. The van der Waals surface area contributed by atoms with Crippen molar-refractivity contribution in [2.45, 2.75) is 52.0 Å². The molecule has 1 saturated heterocycles. The molecule has 0 saturated carbocycles. The molecule has 1 spiro atoms. The Morgan fingerprint density at radius 2 is 1.89 bits per heavy atom. The number of nitrogens with zero attached hydrogens (tertiary/aromatic N) is 5. The zero-order chi connectivity index (χ0) is 19.7. The Kier molecular flexibility index (Phi) is 5.19. The summed E-state index contributed by atoms with van der Waals surface area (Å²) in [4.78, 5) is 34.1. The SMILES string of the molecule is CCc1ncc(C(=O)N2CCC3(CC2)c2nc[nH]c2CCN3CC(C)C)cn1. The number of rotatable bonds is 4. The lowest BCUT2D eigenvalue weighted by Gasteiger charge is -2.51. The Morgan fingerprint density at radius 1 is 1.18 bits per heavy atom. The van der Waals surface area contributed by atoms with E-state index in [4.69, 9.17) is 4.98 Å². The molecule has 7 heteroatoms. The van der Waals surface area contributed by atoms with E-state index in [-0.39, 0.29) is 11.4 Å². The first-order valence-corrected chi connectivity index (χ1v) is 10.4. The van der Waals surface area contributed by atoms with E-state index in [0.717, 1.165) is 57.7 Å². The van der Waals surface area contributed by atoms with Crippen molar-refractivity contribution >= 4 is 5.91 Å². The van der Waals surface area contributed by atoms with Gasteiger partial charge >= 0.3 is 0 Å². The summed E-state index contributed by atoms with van der Waals surface area (Å²) in [5.41, 5.74) is 2.98. The Bertz CT molecular complexity index is 820. The van der Waals surface area contributed by atoms with Crippen molar-refractivity contribution in [3.63, 3.8) is 0 Å². The predicted octanol–water partition coefficient (Wildman–Crippen LogP) is 2.41. The van der Waals surface area contributed by atoms with E-state index in [1.165, 1.54) is 11.4 Å². The number of piperidine rings is 1. The van der Waals surface area contributed by atoms with Crippen molar-refractivity contribution in [3.05, 3.63) is 41.5 Å². The summed E-state index contributed by atoms with van der Waals surface area (Å²) in [6, 6.07) is 0. The molecule has 7 nitrogen and oxygen atoms in total. The molecule has 150 valence electrons. The number of H-pyrrole nitrogens is 1. The van der Waals surface area contributed by atoms with E-state index in [1.807, 2.05) is 18.2 Å². The van der Waals surface area contributed by atoms with Gasteiger partial charge < -0.3 is 9.88 Å². The lowest BCUT2D eigenvalue weighted by molar-refractivity contribution is 0.000596. The zero-order valence-electron chi connectivity index (χ0n) is 17.1. The summed E-state index contributed by atoms with van der Waals surface area (Å²) in [5, 5.41) is 0. The fourth-order valence-corrected chi connectivity index (χ4v) is 4.69. The van der Waals surface area contributed by atoms with Crippen molar-refractivity contribution in [2.75, 3.05) is 26.2 Å². The highest BCUT2D eigenvalue weighted by Crippen LogP contribution is 2.42. The largest absolute Gasteiger partial charge is 0.348 e. The third-order valence-electron chi connectivity index (χ3n) is 6.13. The molecule has 0 unspecified atom stereocenters. The Labute approximate surface area is 166 Å². The highest BCUT2D eigenvalue weighted by Gasteiger charge is 2.47. The number of amides is 1. The van der Waals surface area contributed by atoms with E-state index >= 15 is 0 Å². The summed E-state index contributed by atoms with van der Waals surface area (Å²) < 4.78 is 0. The van der Waals surface area contributed by atoms with Crippen LogP contribution in [0.2, 0.25) is 0 Å². The number of likely N-dealkylation sites (tertiary alicyclic amines) is 1. The maximum Gasteiger partial charge on any atom is 0.256 e. The highest BCUT2D eigenvalue weighted by molar-refractivity contribution is 5.93. The topological polar surface area (TPSA) is 78.0 Å². The van der Waals surface area contributed by atoms with Crippen LogP contribution in [-0.4, -0.2) is 61.8 Å². The molecule has 1 amide bonds. The summed E-state index contributed by atoms with van der Waals surface area (Å²) in [5.74, 6) is 1.41. The van der Waals surface area contributed by atoms with Crippen molar-refractivity contribution < 1.29 is 4.79 Å². The van der Waals surface area contributed by atoms with Gasteiger partial charge in [0.1, 0.15) is 5.82 Å². The van der Waals surface area contributed by atoms with Crippen molar-refractivity contribution in [3.8, 4) is 0 Å². The normalized spacial score (nSPS) is 19.2. The number of aromatic nitrogens is 4. The van der Waals surface area contributed by atoms with E-state index in [0.29, 0.717) is 11.5 Å². The fraction of sp³-hybridized carbons (Fsp3) is 0.619. The molecule has 0 aromatic carbocycles. The molecule has 1 fully saturated rings. The molecular formula is C21H30N6O. The van der Waals surface area contributed by atoms with Gasteiger partial charge in [0, 0.05) is 57.1 Å². The third-order valence-corrected chi connectivity index (χ3v) is 6.13. The molecule has 0 aliphatic carbocycles. The molecule has 2 aliphatic rings. The molecule has 0 bridgehead atoms. The van der Waals surface area contributed by atoms with Crippen LogP contribution in [0.1, 0.15) is 61.2 Å². The van der Waals surface area contributed by atoms with E-state index in [1.54, 1.807) is 12.4 Å². The standard InChI is InChI=1S/C21H30N6O/c1-4-18-22-11-16(12-23-18)20(28)26-9-6-21(7-10-26)19-17(24-14-25-19)5-8-27(21)13-15(2)3/h11-12,14-15H,4-10,13H2,1-3H3,(H,24,25).